The third-order valence-electron chi connectivity index (χ3n) is 4.55. The molecule has 3 rings (SSSR count). The van der Waals surface area contributed by atoms with Gasteiger partial charge in [-0.05, 0) is 24.3 Å². The standard InChI is InChI=1S/C19H25N2O/c1-21(14-16-22-17-15-21)13-12-20(18-8-4-2-5-9-18)19-10-6-3-7-11-19/h2-11H,12-17H2,1H3/q+1. The summed E-state index contributed by atoms with van der Waals surface area (Å²) in [5.74, 6) is 0. The number of morpholine rings is 1. The van der Waals surface area contributed by atoms with E-state index in [9.17, 15) is 0 Å². The predicted molar refractivity (Wildman–Crippen MR) is 91.5 cm³/mol. The molecule has 2 aromatic carbocycles. The second-order valence-electron chi connectivity index (χ2n) is 6.23. The van der Waals surface area contributed by atoms with Crippen LogP contribution in [-0.2, 0) is 4.74 Å². The van der Waals surface area contributed by atoms with Crippen LogP contribution in [-0.4, -0.2) is 50.9 Å². The minimum atomic E-state index is 0.882. The molecule has 0 atom stereocenters. The number of hydrogen-bond acceptors (Lipinski definition) is 2. The zero-order chi connectivity index (χ0) is 15.3. The number of anilines is 2. The average Bonchev–Trinajstić information content (AvgIpc) is 2.58. The van der Waals surface area contributed by atoms with Crippen LogP contribution in [0, 0.1) is 0 Å². The molecule has 0 aromatic heterocycles. The molecular formula is C19H25N2O+. The van der Waals surface area contributed by atoms with Gasteiger partial charge in [0.15, 0.2) is 0 Å². The summed E-state index contributed by atoms with van der Waals surface area (Å²) in [6.07, 6.45) is 0. The summed E-state index contributed by atoms with van der Waals surface area (Å²) < 4.78 is 6.61. The second kappa shape index (κ2) is 6.95. The first kappa shape index (κ1) is 15.1. The van der Waals surface area contributed by atoms with E-state index < -0.39 is 0 Å². The van der Waals surface area contributed by atoms with Crippen molar-refractivity contribution in [2.75, 3.05) is 51.3 Å². The van der Waals surface area contributed by atoms with Gasteiger partial charge in [0.05, 0.1) is 33.4 Å². The average molecular weight is 297 g/mol. The number of hydrogen-bond donors (Lipinski definition) is 0. The molecule has 1 aliphatic rings. The highest BCUT2D eigenvalue weighted by Crippen LogP contribution is 2.25. The normalized spacial score (nSPS) is 17.1. The quantitative estimate of drug-likeness (QED) is 0.785. The molecule has 2 aromatic rings. The third kappa shape index (κ3) is 3.67. The molecule has 0 unspecified atom stereocenters. The summed E-state index contributed by atoms with van der Waals surface area (Å²) in [5, 5.41) is 0. The van der Waals surface area contributed by atoms with Gasteiger partial charge in [0.25, 0.3) is 0 Å². The van der Waals surface area contributed by atoms with Gasteiger partial charge in [-0.15, -0.1) is 0 Å². The second-order valence-corrected chi connectivity index (χ2v) is 6.23. The molecule has 0 saturated carbocycles. The smallest absolute Gasteiger partial charge is 0.102 e. The van der Waals surface area contributed by atoms with Crippen LogP contribution in [0.3, 0.4) is 0 Å². The van der Waals surface area contributed by atoms with Gasteiger partial charge >= 0.3 is 0 Å². The van der Waals surface area contributed by atoms with Crippen LogP contribution in [0.15, 0.2) is 60.7 Å². The van der Waals surface area contributed by atoms with Gasteiger partial charge in [-0.1, -0.05) is 36.4 Å². The highest BCUT2D eigenvalue weighted by Gasteiger charge is 2.26. The molecule has 0 aliphatic carbocycles. The molecule has 1 aliphatic heterocycles. The van der Waals surface area contributed by atoms with Gasteiger partial charge in [-0.3, -0.25) is 0 Å². The Morgan fingerprint density at radius 3 is 1.86 bits per heavy atom. The van der Waals surface area contributed by atoms with Crippen molar-refractivity contribution in [1.29, 1.82) is 0 Å². The lowest BCUT2D eigenvalue weighted by molar-refractivity contribution is -0.915. The van der Waals surface area contributed by atoms with Crippen LogP contribution >= 0.6 is 0 Å². The lowest BCUT2D eigenvalue weighted by Crippen LogP contribution is -2.54. The predicted octanol–water partition coefficient (Wildman–Crippen LogP) is 3.30. The maximum Gasteiger partial charge on any atom is 0.102 e. The van der Waals surface area contributed by atoms with E-state index in [-0.39, 0.29) is 0 Å². The number of para-hydroxylation sites is 2. The molecule has 0 bridgehead atoms. The van der Waals surface area contributed by atoms with E-state index in [0.717, 1.165) is 43.9 Å². The van der Waals surface area contributed by atoms with E-state index >= 15 is 0 Å². The Bertz CT molecular complexity index is 525. The first-order chi connectivity index (χ1) is 10.8. The zero-order valence-electron chi connectivity index (χ0n) is 13.3. The third-order valence-corrected chi connectivity index (χ3v) is 4.55. The Kier molecular flexibility index (Phi) is 4.76. The fraction of sp³-hybridized carbons (Fsp3) is 0.368. The molecular weight excluding hydrogens is 272 g/mol. The fourth-order valence-corrected chi connectivity index (χ4v) is 2.97. The molecule has 3 nitrogen and oxygen atoms in total. The summed E-state index contributed by atoms with van der Waals surface area (Å²) in [6.45, 7) is 6.13. The van der Waals surface area contributed by atoms with E-state index in [2.05, 4.69) is 72.6 Å². The Hall–Kier alpha value is -1.84. The zero-order valence-corrected chi connectivity index (χ0v) is 13.3. The van der Waals surface area contributed by atoms with E-state index in [4.69, 9.17) is 4.74 Å². The number of rotatable bonds is 5. The molecule has 1 fully saturated rings. The number of likely N-dealkylation sites (N-methyl/N-ethyl adjacent to an activating group) is 1. The lowest BCUT2D eigenvalue weighted by Gasteiger charge is -2.39. The summed E-state index contributed by atoms with van der Waals surface area (Å²) in [7, 11) is 2.34. The van der Waals surface area contributed by atoms with E-state index in [1.165, 1.54) is 11.4 Å². The van der Waals surface area contributed by atoms with Crippen LogP contribution in [0.1, 0.15) is 0 Å². The topological polar surface area (TPSA) is 12.5 Å². The molecule has 0 radical (unpaired) electrons. The molecule has 0 N–H and O–H groups in total. The number of benzene rings is 2. The van der Waals surface area contributed by atoms with Gasteiger partial charge < -0.3 is 14.1 Å². The lowest BCUT2D eigenvalue weighted by atomic mass is 10.2. The highest BCUT2D eigenvalue weighted by molar-refractivity contribution is 5.62. The van der Waals surface area contributed by atoms with Gasteiger partial charge in [-0.2, -0.15) is 0 Å². The minimum absolute atomic E-state index is 0.882. The molecule has 0 spiro atoms. The Balaban J connectivity index is 1.77. The number of nitrogens with zero attached hydrogens (tertiary/aromatic N) is 2. The van der Waals surface area contributed by atoms with Crippen LogP contribution in [0.4, 0.5) is 11.4 Å². The van der Waals surface area contributed by atoms with E-state index in [1.54, 1.807) is 0 Å². The van der Waals surface area contributed by atoms with Crippen LogP contribution in [0.25, 0.3) is 0 Å². The van der Waals surface area contributed by atoms with Crippen LogP contribution in [0.2, 0.25) is 0 Å². The Labute approximate surface area is 133 Å². The van der Waals surface area contributed by atoms with Gasteiger partial charge in [0, 0.05) is 11.4 Å². The first-order valence-electron chi connectivity index (χ1n) is 8.06. The van der Waals surface area contributed by atoms with E-state index in [0.29, 0.717) is 0 Å². The summed E-state index contributed by atoms with van der Waals surface area (Å²) in [6, 6.07) is 21.3. The monoisotopic (exact) mass is 297 g/mol. The Morgan fingerprint density at radius 2 is 1.36 bits per heavy atom. The van der Waals surface area contributed by atoms with Crippen molar-refractivity contribution in [2.45, 2.75) is 0 Å². The van der Waals surface area contributed by atoms with Gasteiger partial charge in [0.1, 0.15) is 13.1 Å². The van der Waals surface area contributed by atoms with Crippen LogP contribution < -0.4 is 4.90 Å². The van der Waals surface area contributed by atoms with Crippen molar-refractivity contribution >= 4 is 11.4 Å². The highest BCUT2D eigenvalue weighted by atomic mass is 16.5. The number of ether oxygens (including phenoxy) is 1. The summed E-state index contributed by atoms with van der Waals surface area (Å²) in [5.41, 5.74) is 2.52. The van der Waals surface area contributed by atoms with Gasteiger partial charge in [0.2, 0.25) is 0 Å². The van der Waals surface area contributed by atoms with Crippen molar-refractivity contribution in [3.63, 3.8) is 0 Å². The Morgan fingerprint density at radius 1 is 0.864 bits per heavy atom. The maximum absolute atomic E-state index is 5.51. The summed E-state index contributed by atoms with van der Waals surface area (Å²) >= 11 is 0. The minimum Gasteiger partial charge on any atom is -0.370 e. The van der Waals surface area contributed by atoms with Crippen molar-refractivity contribution in [1.82, 2.24) is 0 Å². The SMILES string of the molecule is C[N+]1(CCN(c2ccccc2)c2ccccc2)CCOCC1. The van der Waals surface area contributed by atoms with Crippen LogP contribution in [0.5, 0.6) is 0 Å². The molecule has 1 saturated heterocycles. The largest absolute Gasteiger partial charge is 0.370 e. The molecule has 1 heterocycles. The molecule has 22 heavy (non-hydrogen) atoms. The molecule has 0 amide bonds. The molecule has 3 heteroatoms. The van der Waals surface area contributed by atoms with Crippen molar-refractivity contribution < 1.29 is 9.22 Å². The number of quaternary nitrogens is 1. The van der Waals surface area contributed by atoms with Crippen molar-refractivity contribution in [2.24, 2.45) is 0 Å². The summed E-state index contributed by atoms with van der Waals surface area (Å²) in [4.78, 5) is 2.42. The fourth-order valence-electron chi connectivity index (χ4n) is 2.97. The van der Waals surface area contributed by atoms with Gasteiger partial charge in [-0.25, -0.2) is 0 Å². The first-order valence-corrected chi connectivity index (χ1v) is 8.06. The van der Waals surface area contributed by atoms with E-state index in [1.807, 2.05) is 0 Å². The maximum atomic E-state index is 5.51. The molecule has 116 valence electrons. The van der Waals surface area contributed by atoms with Crippen molar-refractivity contribution in [3.05, 3.63) is 60.7 Å². The van der Waals surface area contributed by atoms with Crippen molar-refractivity contribution in [3.8, 4) is 0 Å².